The van der Waals surface area contributed by atoms with E-state index >= 15 is 0 Å². The number of hydrogen-bond donors (Lipinski definition) is 2. The zero-order chi connectivity index (χ0) is 13.4. The maximum Gasteiger partial charge on any atom is 0.220 e. The lowest BCUT2D eigenvalue weighted by Gasteiger charge is -2.14. The van der Waals surface area contributed by atoms with Crippen LogP contribution in [0.2, 0.25) is 5.02 Å². The van der Waals surface area contributed by atoms with Crippen molar-refractivity contribution in [2.75, 3.05) is 13.6 Å². The molecule has 3 nitrogen and oxygen atoms in total. The largest absolute Gasteiger partial charge is 0.353 e. The minimum absolute atomic E-state index is 0.117. The first-order valence-corrected chi connectivity index (χ1v) is 6.68. The molecular formula is C14H21ClN2O. The van der Waals surface area contributed by atoms with Crippen LogP contribution in [0.4, 0.5) is 0 Å². The molecule has 0 bridgehead atoms. The first-order chi connectivity index (χ1) is 8.61. The highest BCUT2D eigenvalue weighted by Crippen LogP contribution is 2.11. The third kappa shape index (κ3) is 6.03. The number of amides is 1. The number of halogens is 1. The van der Waals surface area contributed by atoms with E-state index in [9.17, 15) is 4.79 Å². The van der Waals surface area contributed by atoms with Gasteiger partial charge in [0.15, 0.2) is 0 Å². The van der Waals surface area contributed by atoms with Gasteiger partial charge in [0, 0.05) is 17.5 Å². The van der Waals surface area contributed by atoms with Gasteiger partial charge < -0.3 is 10.6 Å². The zero-order valence-corrected chi connectivity index (χ0v) is 11.8. The minimum atomic E-state index is 0.117. The summed E-state index contributed by atoms with van der Waals surface area (Å²) in [5.74, 6) is 0.117. The van der Waals surface area contributed by atoms with Crippen molar-refractivity contribution in [1.29, 1.82) is 0 Å². The lowest BCUT2D eigenvalue weighted by Crippen LogP contribution is -2.34. The maximum atomic E-state index is 11.6. The van der Waals surface area contributed by atoms with Crippen molar-refractivity contribution in [1.82, 2.24) is 10.6 Å². The van der Waals surface area contributed by atoms with E-state index in [4.69, 9.17) is 11.6 Å². The number of benzene rings is 1. The van der Waals surface area contributed by atoms with E-state index in [0.717, 1.165) is 24.4 Å². The molecule has 100 valence electrons. The molecule has 0 heterocycles. The fourth-order valence-electron chi connectivity index (χ4n) is 1.80. The van der Waals surface area contributed by atoms with Gasteiger partial charge in [-0.05, 0) is 51.1 Å². The number of carbonyl (C=O) groups is 1. The van der Waals surface area contributed by atoms with Crippen LogP contribution in [0.15, 0.2) is 24.3 Å². The van der Waals surface area contributed by atoms with E-state index in [-0.39, 0.29) is 11.9 Å². The van der Waals surface area contributed by atoms with Crippen molar-refractivity contribution in [2.24, 2.45) is 0 Å². The molecule has 0 saturated heterocycles. The Morgan fingerprint density at radius 3 is 2.61 bits per heavy atom. The summed E-state index contributed by atoms with van der Waals surface area (Å²) >= 11 is 5.83. The highest BCUT2D eigenvalue weighted by atomic mass is 35.5. The van der Waals surface area contributed by atoms with Gasteiger partial charge in [0.25, 0.3) is 0 Å². The number of nitrogens with one attached hydrogen (secondary N) is 2. The van der Waals surface area contributed by atoms with Gasteiger partial charge in [-0.1, -0.05) is 23.7 Å². The molecule has 1 amide bonds. The Morgan fingerprint density at radius 2 is 2.00 bits per heavy atom. The van der Waals surface area contributed by atoms with Crippen molar-refractivity contribution in [2.45, 2.75) is 32.2 Å². The molecule has 0 radical (unpaired) electrons. The minimum Gasteiger partial charge on any atom is -0.353 e. The standard InChI is InChI=1S/C14H21ClN2O/c1-11(17-14(18)4-3-9-16-2)10-12-5-7-13(15)8-6-12/h5-8,11,16H,3-4,9-10H2,1-2H3,(H,17,18). The predicted molar refractivity (Wildman–Crippen MR) is 75.9 cm³/mol. The van der Waals surface area contributed by atoms with Crippen LogP contribution in [0.5, 0.6) is 0 Å². The Labute approximate surface area is 114 Å². The monoisotopic (exact) mass is 268 g/mol. The molecule has 18 heavy (non-hydrogen) atoms. The van der Waals surface area contributed by atoms with E-state index in [0.29, 0.717) is 6.42 Å². The van der Waals surface area contributed by atoms with E-state index in [1.54, 1.807) is 0 Å². The normalized spacial score (nSPS) is 12.2. The molecule has 1 rings (SSSR count). The summed E-state index contributed by atoms with van der Waals surface area (Å²) in [6.45, 7) is 2.89. The molecule has 1 aromatic rings. The Morgan fingerprint density at radius 1 is 1.33 bits per heavy atom. The topological polar surface area (TPSA) is 41.1 Å². The van der Waals surface area contributed by atoms with Crippen LogP contribution in [0.3, 0.4) is 0 Å². The SMILES string of the molecule is CNCCCC(=O)NC(C)Cc1ccc(Cl)cc1. The molecule has 1 atom stereocenters. The molecule has 0 aliphatic heterocycles. The molecule has 4 heteroatoms. The molecule has 1 aromatic carbocycles. The molecule has 0 saturated carbocycles. The zero-order valence-electron chi connectivity index (χ0n) is 11.0. The number of hydrogen-bond acceptors (Lipinski definition) is 2. The Hall–Kier alpha value is -1.06. The number of rotatable bonds is 7. The van der Waals surface area contributed by atoms with Gasteiger partial charge >= 0.3 is 0 Å². The van der Waals surface area contributed by atoms with Crippen molar-refractivity contribution >= 4 is 17.5 Å². The van der Waals surface area contributed by atoms with Crippen LogP contribution in [-0.2, 0) is 11.2 Å². The summed E-state index contributed by atoms with van der Waals surface area (Å²) in [6.07, 6.45) is 2.27. The van der Waals surface area contributed by atoms with Crippen LogP contribution in [0, 0.1) is 0 Å². The lowest BCUT2D eigenvalue weighted by molar-refractivity contribution is -0.121. The first kappa shape index (κ1) is 15.0. The third-order valence-electron chi connectivity index (χ3n) is 2.69. The fourth-order valence-corrected chi connectivity index (χ4v) is 1.92. The van der Waals surface area contributed by atoms with Crippen LogP contribution in [0.25, 0.3) is 0 Å². The fraction of sp³-hybridized carbons (Fsp3) is 0.500. The van der Waals surface area contributed by atoms with Gasteiger partial charge in [0.05, 0.1) is 0 Å². The molecule has 0 fully saturated rings. The van der Waals surface area contributed by atoms with E-state index in [2.05, 4.69) is 10.6 Å². The third-order valence-corrected chi connectivity index (χ3v) is 2.95. The quantitative estimate of drug-likeness (QED) is 0.746. The second-order valence-corrected chi connectivity index (χ2v) is 4.94. The van der Waals surface area contributed by atoms with Crippen LogP contribution >= 0.6 is 11.6 Å². The summed E-state index contributed by atoms with van der Waals surface area (Å²) in [4.78, 5) is 11.6. The van der Waals surface area contributed by atoms with E-state index in [1.165, 1.54) is 5.56 Å². The van der Waals surface area contributed by atoms with Crippen LogP contribution < -0.4 is 10.6 Å². The van der Waals surface area contributed by atoms with Crippen molar-refractivity contribution in [3.05, 3.63) is 34.9 Å². The molecule has 0 aliphatic rings. The Balaban J connectivity index is 2.30. The number of carbonyl (C=O) groups excluding carboxylic acids is 1. The molecule has 0 spiro atoms. The summed E-state index contributed by atoms with van der Waals surface area (Å²) in [6, 6.07) is 7.88. The highest BCUT2D eigenvalue weighted by Gasteiger charge is 2.07. The van der Waals surface area contributed by atoms with Gasteiger partial charge in [0.1, 0.15) is 0 Å². The maximum absolute atomic E-state index is 11.6. The molecular weight excluding hydrogens is 248 g/mol. The van der Waals surface area contributed by atoms with Crippen molar-refractivity contribution < 1.29 is 4.79 Å². The van der Waals surface area contributed by atoms with Crippen molar-refractivity contribution in [3.63, 3.8) is 0 Å². The van der Waals surface area contributed by atoms with Gasteiger partial charge in [-0.25, -0.2) is 0 Å². The van der Waals surface area contributed by atoms with Gasteiger partial charge in [-0.2, -0.15) is 0 Å². The van der Waals surface area contributed by atoms with Gasteiger partial charge in [-0.3, -0.25) is 4.79 Å². The van der Waals surface area contributed by atoms with Gasteiger partial charge in [0.2, 0.25) is 5.91 Å². The van der Waals surface area contributed by atoms with Crippen molar-refractivity contribution in [3.8, 4) is 0 Å². The predicted octanol–water partition coefficient (Wildman–Crippen LogP) is 2.39. The lowest BCUT2D eigenvalue weighted by atomic mass is 10.1. The smallest absolute Gasteiger partial charge is 0.220 e. The summed E-state index contributed by atoms with van der Waals surface area (Å²) < 4.78 is 0. The van der Waals surface area contributed by atoms with Crippen LogP contribution in [-0.4, -0.2) is 25.5 Å². The molecule has 2 N–H and O–H groups in total. The Kier molecular flexibility index (Phi) is 6.76. The average molecular weight is 269 g/mol. The highest BCUT2D eigenvalue weighted by molar-refractivity contribution is 6.30. The second kappa shape index (κ2) is 8.11. The summed E-state index contributed by atoms with van der Waals surface area (Å²) in [5, 5.41) is 6.77. The molecule has 0 aromatic heterocycles. The van der Waals surface area contributed by atoms with Crippen LogP contribution in [0.1, 0.15) is 25.3 Å². The summed E-state index contributed by atoms with van der Waals surface area (Å²) in [5.41, 5.74) is 1.18. The summed E-state index contributed by atoms with van der Waals surface area (Å²) in [7, 11) is 1.89. The molecule has 0 aliphatic carbocycles. The van der Waals surface area contributed by atoms with E-state index in [1.807, 2.05) is 38.2 Å². The first-order valence-electron chi connectivity index (χ1n) is 6.30. The second-order valence-electron chi connectivity index (χ2n) is 4.51. The average Bonchev–Trinajstić information content (AvgIpc) is 2.32. The molecule has 1 unspecified atom stereocenters. The van der Waals surface area contributed by atoms with Gasteiger partial charge in [-0.15, -0.1) is 0 Å². The van der Waals surface area contributed by atoms with E-state index < -0.39 is 0 Å². The Bertz CT molecular complexity index is 365.